The summed E-state index contributed by atoms with van der Waals surface area (Å²) in [5.41, 5.74) is 5.60. The van der Waals surface area contributed by atoms with Crippen LogP contribution in [0, 0.1) is 0 Å². The van der Waals surface area contributed by atoms with Crippen molar-refractivity contribution in [2.45, 2.75) is 19.5 Å². The minimum atomic E-state index is -0.310. The molecule has 0 saturated carbocycles. The summed E-state index contributed by atoms with van der Waals surface area (Å²) in [6.45, 7) is 0.407. The molecular formula is C15H16Cl2N4O3. The van der Waals surface area contributed by atoms with Crippen LogP contribution in [0.2, 0.25) is 10.0 Å². The Morgan fingerprint density at radius 1 is 1.33 bits per heavy atom. The number of aromatic amines is 1. The molecule has 0 bridgehead atoms. The number of nitrogens with one attached hydrogen (secondary N) is 2. The van der Waals surface area contributed by atoms with E-state index >= 15 is 0 Å². The SMILES string of the molecule is NCc1cc(=O)[nH]c(CNC(=O)CCOc2ccc(Cl)cc2Cl)n1. The van der Waals surface area contributed by atoms with E-state index < -0.39 is 0 Å². The summed E-state index contributed by atoms with van der Waals surface area (Å²) >= 11 is 11.8. The summed E-state index contributed by atoms with van der Waals surface area (Å²) in [6, 6.07) is 6.16. The maximum Gasteiger partial charge on any atom is 0.251 e. The van der Waals surface area contributed by atoms with Gasteiger partial charge >= 0.3 is 0 Å². The molecule has 9 heteroatoms. The lowest BCUT2D eigenvalue weighted by Crippen LogP contribution is -2.27. The van der Waals surface area contributed by atoms with Crippen LogP contribution in [0.1, 0.15) is 17.9 Å². The van der Waals surface area contributed by atoms with Gasteiger partial charge < -0.3 is 20.8 Å². The lowest BCUT2D eigenvalue weighted by Gasteiger charge is -2.09. The topological polar surface area (TPSA) is 110 Å². The smallest absolute Gasteiger partial charge is 0.251 e. The summed E-state index contributed by atoms with van der Waals surface area (Å²) in [5.74, 6) is 0.550. The molecular weight excluding hydrogens is 355 g/mol. The van der Waals surface area contributed by atoms with Crippen molar-refractivity contribution < 1.29 is 9.53 Å². The van der Waals surface area contributed by atoms with Crippen LogP contribution in [0.5, 0.6) is 5.75 Å². The van der Waals surface area contributed by atoms with Gasteiger partial charge in [0.05, 0.1) is 30.3 Å². The molecule has 2 aromatic rings. The highest BCUT2D eigenvalue weighted by molar-refractivity contribution is 6.35. The molecule has 1 amide bonds. The van der Waals surface area contributed by atoms with E-state index in [1.54, 1.807) is 18.2 Å². The summed E-state index contributed by atoms with van der Waals surface area (Å²) in [4.78, 5) is 29.8. The molecule has 128 valence electrons. The van der Waals surface area contributed by atoms with Crippen LogP contribution in [0.4, 0.5) is 0 Å². The molecule has 0 aliphatic heterocycles. The molecule has 0 spiro atoms. The van der Waals surface area contributed by atoms with Gasteiger partial charge in [0.1, 0.15) is 11.6 Å². The highest BCUT2D eigenvalue weighted by atomic mass is 35.5. The molecule has 0 radical (unpaired) electrons. The summed E-state index contributed by atoms with van der Waals surface area (Å²) < 4.78 is 5.43. The standard InChI is InChI=1S/C15H16Cl2N4O3/c16-9-1-2-12(11(17)5-9)24-4-3-14(22)19-8-13-20-10(7-18)6-15(23)21-13/h1-2,5-6H,3-4,7-8,18H2,(H,19,22)(H,20,21,23). The number of hydrogen-bond acceptors (Lipinski definition) is 5. The van der Waals surface area contributed by atoms with Crippen LogP contribution in [-0.4, -0.2) is 22.5 Å². The zero-order chi connectivity index (χ0) is 17.5. The van der Waals surface area contributed by atoms with Crippen LogP contribution in [0.25, 0.3) is 0 Å². The Kier molecular flexibility index (Phi) is 6.60. The minimum Gasteiger partial charge on any atom is -0.491 e. The second kappa shape index (κ2) is 8.68. The number of carbonyl (C=O) groups excluding carboxylic acids is 1. The largest absolute Gasteiger partial charge is 0.491 e. The first-order valence-corrected chi connectivity index (χ1v) is 7.87. The predicted octanol–water partition coefficient (Wildman–Crippen LogP) is 1.62. The number of rotatable bonds is 7. The first-order valence-electron chi connectivity index (χ1n) is 7.11. The third-order valence-electron chi connectivity index (χ3n) is 2.99. The molecule has 0 atom stereocenters. The van der Waals surface area contributed by atoms with Gasteiger partial charge in [0, 0.05) is 17.6 Å². The Bertz CT molecular complexity index is 780. The molecule has 24 heavy (non-hydrogen) atoms. The zero-order valence-electron chi connectivity index (χ0n) is 12.6. The summed E-state index contributed by atoms with van der Waals surface area (Å²) in [6.07, 6.45) is 0.125. The van der Waals surface area contributed by atoms with Crippen LogP contribution < -0.4 is 21.3 Å². The van der Waals surface area contributed by atoms with Crippen LogP contribution in [0.3, 0.4) is 0 Å². The number of nitrogens with zero attached hydrogens (tertiary/aromatic N) is 1. The van der Waals surface area contributed by atoms with Crippen LogP contribution in [0.15, 0.2) is 29.1 Å². The van der Waals surface area contributed by atoms with E-state index in [-0.39, 0.29) is 37.6 Å². The third kappa shape index (κ3) is 5.52. The first-order chi connectivity index (χ1) is 11.5. The minimum absolute atomic E-state index is 0.101. The number of benzene rings is 1. The van der Waals surface area contributed by atoms with Crippen molar-refractivity contribution in [1.82, 2.24) is 15.3 Å². The number of carbonyl (C=O) groups is 1. The molecule has 0 aliphatic carbocycles. The second-order valence-electron chi connectivity index (χ2n) is 4.84. The van der Waals surface area contributed by atoms with Crippen molar-refractivity contribution in [3.05, 3.63) is 56.2 Å². The third-order valence-corrected chi connectivity index (χ3v) is 3.52. The van der Waals surface area contributed by atoms with Crippen molar-refractivity contribution in [3.63, 3.8) is 0 Å². The molecule has 0 saturated heterocycles. The van der Waals surface area contributed by atoms with E-state index in [0.29, 0.717) is 27.3 Å². The lowest BCUT2D eigenvalue weighted by molar-refractivity contribution is -0.121. The van der Waals surface area contributed by atoms with Gasteiger partial charge in [-0.2, -0.15) is 0 Å². The fourth-order valence-corrected chi connectivity index (χ4v) is 2.33. The maximum absolute atomic E-state index is 11.8. The molecule has 0 fully saturated rings. The van der Waals surface area contributed by atoms with Crippen LogP contribution >= 0.6 is 23.2 Å². The van der Waals surface area contributed by atoms with Crippen LogP contribution in [-0.2, 0) is 17.9 Å². The Morgan fingerprint density at radius 3 is 2.83 bits per heavy atom. The van der Waals surface area contributed by atoms with E-state index in [9.17, 15) is 9.59 Å². The van der Waals surface area contributed by atoms with Crippen molar-refractivity contribution in [3.8, 4) is 5.75 Å². The predicted molar refractivity (Wildman–Crippen MR) is 91.2 cm³/mol. The molecule has 4 N–H and O–H groups in total. The number of halogens is 2. The van der Waals surface area contributed by atoms with Crippen molar-refractivity contribution in [2.75, 3.05) is 6.61 Å². The van der Waals surface area contributed by atoms with Gasteiger partial charge in [-0.05, 0) is 18.2 Å². The first kappa shape index (κ1) is 18.3. The van der Waals surface area contributed by atoms with Gasteiger partial charge in [-0.25, -0.2) is 4.98 Å². The molecule has 1 aromatic carbocycles. The number of amides is 1. The zero-order valence-corrected chi connectivity index (χ0v) is 14.2. The Balaban J connectivity index is 1.79. The van der Waals surface area contributed by atoms with Crippen molar-refractivity contribution in [2.24, 2.45) is 5.73 Å². The highest BCUT2D eigenvalue weighted by Crippen LogP contribution is 2.27. The molecule has 7 nitrogen and oxygen atoms in total. The number of nitrogens with two attached hydrogens (primary N) is 1. The van der Waals surface area contributed by atoms with E-state index in [1.807, 2.05) is 0 Å². The summed E-state index contributed by atoms with van der Waals surface area (Å²) in [5, 5.41) is 3.52. The van der Waals surface area contributed by atoms with Gasteiger partial charge in [-0.3, -0.25) is 9.59 Å². The second-order valence-corrected chi connectivity index (χ2v) is 5.68. The van der Waals surface area contributed by atoms with Gasteiger partial charge in [-0.15, -0.1) is 0 Å². The monoisotopic (exact) mass is 370 g/mol. The fourth-order valence-electron chi connectivity index (χ4n) is 1.87. The van der Waals surface area contributed by atoms with Gasteiger partial charge in [-0.1, -0.05) is 23.2 Å². The molecule has 2 rings (SSSR count). The average Bonchev–Trinajstić information content (AvgIpc) is 2.54. The molecule has 1 aromatic heterocycles. The normalized spacial score (nSPS) is 10.5. The maximum atomic E-state index is 11.8. The number of H-pyrrole nitrogens is 1. The van der Waals surface area contributed by atoms with E-state index in [2.05, 4.69) is 15.3 Å². The van der Waals surface area contributed by atoms with Gasteiger partial charge in [0.15, 0.2) is 0 Å². The van der Waals surface area contributed by atoms with Gasteiger partial charge in [0.2, 0.25) is 5.91 Å². The Labute approximate surface area is 148 Å². The fraction of sp³-hybridized carbons (Fsp3) is 0.267. The van der Waals surface area contributed by atoms with E-state index in [0.717, 1.165) is 0 Å². The number of hydrogen-bond donors (Lipinski definition) is 3. The molecule has 0 aliphatic rings. The van der Waals surface area contributed by atoms with Crippen molar-refractivity contribution >= 4 is 29.1 Å². The average molecular weight is 371 g/mol. The van der Waals surface area contributed by atoms with Crippen molar-refractivity contribution in [1.29, 1.82) is 0 Å². The Hall–Kier alpha value is -2.09. The van der Waals surface area contributed by atoms with E-state index in [4.69, 9.17) is 33.7 Å². The van der Waals surface area contributed by atoms with Gasteiger partial charge in [0.25, 0.3) is 5.56 Å². The quantitative estimate of drug-likeness (QED) is 0.685. The lowest BCUT2D eigenvalue weighted by atomic mass is 10.3. The van der Waals surface area contributed by atoms with E-state index in [1.165, 1.54) is 6.07 Å². The Morgan fingerprint density at radius 2 is 2.12 bits per heavy atom. The number of ether oxygens (including phenoxy) is 1. The molecule has 0 unspecified atom stereocenters. The molecule has 1 heterocycles. The summed E-state index contributed by atoms with van der Waals surface area (Å²) in [7, 11) is 0. The number of aromatic nitrogens is 2. The highest BCUT2D eigenvalue weighted by Gasteiger charge is 2.07.